The van der Waals surface area contributed by atoms with Crippen molar-refractivity contribution in [2.24, 2.45) is 0 Å². The molecule has 2 rings (SSSR count). The molecule has 2 saturated heterocycles. The molecule has 0 saturated carbocycles. The van der Waals surface area contributed by atoms with Crippen LogP contribution in [-0.4, -0.2) is 181 Å². The fraction of sp³-hybridized carbons (Fsp3) is 1.00. The Bertz CT molecular complexity index is 680. The molecule has 0 radical (unpaired) electrons. The lowest BCUT2D eigenvalue weighted by atomic mass is 9.96. The summed E-state index contributed by atoms with van der Waals surface area (Å²) in [7, 11) is 0. The van der Waals surface area contributed by atoms with Gasteiger partial charge in [-0.1, -0.05) is 0 Å². The summed E-state index contributed by atoms with van der Waals surface area (Å²) in [6.45, 7) is 0.438. The zero-order valence-corrected chi connectivity index (χ0v) is 21.5. The van der Waals surface area contributed by atoms with E-state index in [1.807, 2.05) is 0 Å². The summed E-state index contributed by atoms with van der Waals surface area (Å²) >= 11 is 0. The molecule has 0 amide bonds. The van der Waals surface area contributed by atoms with Crippen LogP contribution < -0.4 is 5.32 Å². The maximum absolute atomic E-state index is 10.2. The van der Waals surface area contributed by atoms with Gasteiger partial charge in [-0.15, -0.1) is 0 Å². The van der Waals surface area contributed by atoms with Gasteiger partial charge in [0, 0.05) is 13.2 Å². The largest absolute Gasteiger partial charge is 0.394 e. The number of nitrogens with one attached hydrogen (secondary N) is 1. The van der Waals surface area contributed by atoms with Crippen molar-refractivity contribution in [2.45, 2.75) is 99.0 Å². The molecule has 0 spiro atoms. The molecule has 14 atom stereocenters. The first-order valence-corrected chi connectivity index (χ1v) is 12.7. The van der Waals surface area contributed by atoms with Gasteiger partial charge in [0.2, 0.25) is 6.29 Å². The molecule has 0 aliphatic carbocycles. The maximum Gasteiger partial charge on any atom is 0.220 e. The van der Waals surface area contributed by atoms with E-state index in [4.69, 9.17) is 29.1 Å². The van der Waals surface area contributed by atoms with Crippen LogP contribution in [0.15, 0.2) is 0 Å². The second kappa shape index (κ2) is 16.7. The molecule has 2 aliphatic heterocycles. The number of aliphatic hydroxyl groups is 11. The van der Waals surface area contributed by atoms with Gasteiger partial charge in [0.1, 0.15) is 73.8 Å². The van der Waals surface area contributed by atoms with Crippen LogP contribution in [0.1, 0.15) is 13.3 Å². The average Bonchev–Trinajstić information content (AvgIpc) is 2.93. The highest BCUT2D eigenvalue weighted by atomic mass is 17.2. The Hall–Kier alpha value is -0.680. The molecule has 2 heterocycles. The molecule has 0 aromatic rings. The van der Waals surface area contributed by atoms with Crippen molar-refractivity contribution in [2.75, 3.05) is 39.5 Å². The lowest BCUT2D eigenvalue weighted by Crippen LogP contribution is -2.60. The molecule has 0 bridgehead atoms. The van der Waals surface area contributed by atoms with Crippen molar-refractivity contribution in [1.29, 1.82) is 0 Å². The Morgan fingerprint density at radius 2 is 1.33 bits per heavy atom. The first-order chi connectivity index (χ1) is 18.4. The predicted octanol–water partition coefficient (Wildman–Crippen LogP) is -6.96. The van der Waals surface area contributed by atoms with Crippen molar-refractivity contribution >= 4 is 0 Å². The number of ether oxygens (including phenoxy) is 3. The Morgan fingerprint density at radius 3 is 1.97 bits per heavy atom. The van der Waals surface area contributed by atoms with E-state index < -0.39 is 98.9 Å². The third-order valence-electron chi connectivity index (χ3n) is 6.62. The maximum atomic E-state index is 10.2. The van der Waals surface area contributed by atoms with Gasteiger partial charge in [-0.05, 0) is 19.9 Å². The Morgan fingerprint density at radius 1 is 0.744 bits per heavy atom. The standard InChI is InChI=1S/C22H43NO16/c1-9-14(27)19(32)18(31)13(37-9)8-36-39-22-21(34)20(33)17(30)12(38-22)7-35-4-2-3-23-5-10(25)15(28)16(29)11(26)6-24/h9-34H,2-8H2,1H3/t9?,10-,11-,12?,13?,14?,15-,16+,17?,18?,19?,20?,21?,22?/m1/s1. The number of hydrogen-bond donors (Lipinski definition) is 12. The summed E-state index contributed by atoms with van der Waals surface area (Å²) in [5.74, 6) is 0. The highest BCUT2D eigenvalue weighted by Gasteiger charge is 2.46. The first kappa shape index (κ1) is 34.5. The minimum atomic E-state index is -1.72. The second-order valence-corrected chi connectivity index (χ2v) is 9.68. The van der Waals surface area contributed by atoms with Gasteiger partial charge in [0.25, 0.3) is 0 Å². The summed E-state index contributed by atoms with van der Waals surface area (Å²) in [6.07, 6.45) is -19.6. The van der Waals surface area contributed by atoms with E-state index in [1.165, 1.54) is 6.92 Å². The second-order valence-electron chi connectivity index (χ2n) is 9.68. The molecule has 17 nitrogen and oxygen atoms in total. The van der Waals surface area contributed by atoms with Crippen molar-refractivity contribution in [3.05, 3.63) is 0 Å². The quantitative estimate of drug-likeness (QED) is 0.0461. The van der Waals surface area contributed by atoms with Crippen molar-refractivity contribution in [3.63, 3.8) is 0 Å². The molecule has 2 aliphatic rings. The summed E-state index contributed by atoms with van der Waals surface area (Å²) in [6, 6.07) is 0. The first-order valence-electron chi connectivity index (χ1n) is 12.7. The lowest BCUT2D eigenvalue weighted by Gasteiger charge is -2.40. The molecule has 39 heavy (non-hydrogen) atoms. The van der Waals surface area contributed by atoms with Crippen LogP contribution in [0.4, 0.5) is 0 Å². The van der Waals surface area contributed by atoms with E-state index in [0.717, 1.165) is 0 Å². The molecule has 0 aromatic carbocycles. The predicted molar refractivity (Wildman–Crippen MR) is 125 cm³/mol. The minimum absolute atomic E-state index is 0.120. The van der Waals surface area contributed by atoms with Crippen molar-refractivity contribution in [1.82, 2.24) is 5.32 Å². The van der Waals surface area contributed by atoms with Crippen LogP contribution in [0.5, 0.6) is 0 Å². The fourth-order valence-electron chi connectivity index (χ4n) is 4.01. The van der Waals surface area contributed by atoms with E-state index in [2.05, 4.69) is 5.32 Å². The fourth-order valence-corrected chi connectivity index (χ4v) is 4.01. The summed E-state index contributed by atoms with van der Waals surface area (Å²) in [5.41, 5.74) is 0. The van der Waals surface area contributed by atoms with Crippen LogP contribution in [0, 0.1) is 0 Å². The highest BCUT2D eigenvalue weighted by Crippen LogP contribution is 2.24. The minimum Gasteiger partial charge on any atom is -0.394 e. The van der Waals surface area contributed by atoms with E-state index in [9.17, 15) is 51.1 Å². The van der Waals surface area contributed by atoms with Crippen LogP contribution in [0.25, 0.3) is 0 Å². The summed E-state index contributed by atoms with van der Waals surface area (Å²) in [4.78, 5) is 9.97. The zero-order chi connectivity index (χ0) is 29.3. The molecular weight excluding hydrogens is 534 g/mol. The lowest BCUT2D eigenvalue weighted by molar-refractivity contribution is -0.433. The van der Waals surface area contributed by atoms with Gasteiger partial charge in [-0.2, -0.15) is 0 Å². The van der Waals surface area contributed by atoms with Crippen molar-refractivity contribution < 1.29 is 80.2 Å². The van der Waals surface area contributed by atoms with Crippen LogP contribution in [0.3, 0.4) is 0 Å². The van der Waals surface area contributed by atoms with Crippen LogP contribution in [0.2, 0.25) is 0 Å². The SMILES string of the molecule is CC1OC(COOC2OC(COCCCNC[C@@H](O)[C@@H](O)[C@@H](O)[C@H](O)CO)C(O)C(O)C2O)C(O)C(O)C1O. The summed E-state index contributed by atoms with van der Waals surface area (Å²) in [5, 5.41) is 110. The van der Waals surface area contributed by atoms with Crippen LogP contribution >= 0.6 is 0 Å². The smallest absolute Gasteiger partial charge is 0.220 e. The van der Waals surface area contributed by atoms with E-state index in [0.29, 0.717) is 13.0 Å². The zero-order valence-electron chi connectivity index (χ0n) is 21.5. The Balaban J connectivity index is 1.68. The highest BCUT2D eigenvalue weighted by molar-refractivity contribution is 4.91. The van der Waals surface area contributed by atoms with E-state index >= 15 is 0 Å². The third-order valence-corrected chi connectivity index (χ3v) is 6.62. The third kappa shape index (κ3) is 9.69. The topological polar surface area (TPSA) is 281 Å². The van der Waals surface area contributed by atoms with Crippen LogP contribution in [-0.2, 0) is 24.0 Å². The van der Waals surface area contributed by atoms with Crippen molar-refractivity contribution in [3.8, 4) is 0 Å². The number of rotatable bonds is 16. The molecule has 232 valence electrons. The number of hydrogen-bond acceptors (Lipinski definition) is 17. The van der Waals surface area contributed by atoms with E-state index in [-0.39, 0.29) is 19.8 Å². The molecule has 0 aromatic heterocycles. The molecule has 10 unspecified atom stereocenters. The van der Waals surface area contributed by atoms with Gasteiger partial charge < -0.3 is 75.7 Å². The number of aliphatic hydroxyl groups excluding tert-OH is 11. The van der Waals surface area contributed by atoms with Gasteiger partial charge in [0.05, 0.1) is 25.4 Å². The monoisotopic (exact) mass is 577 g/mol. The molecule has 17 heteroatoms. The van der Waals surface area contributed by atoms with Gasteiger partial charge in [0.15, 0.2) is 0 Å². The molecular formula is C22H43NO16. The molecule has 2 fully saturated rings. The normalized spacial score (nSPS) is 38.8. The molecule has 12 N–H and O–H groups in total. The Labute approximate surface area is 224 Å². The Kier molecular flexibility index (Phi) is 14.8. The average molecular weight is 578 g/mol. The van der Waals surface area contributed by atoms with Gasteiger partial charge in [-0.3, -0.25) is 0 Å². The van der Waals surface area contributed by atoms with Gasteiger partial charge >= 0.3 is 0 Å². The summed E-state index contributed by atoms with van der Waals surface area (Å²) < 4.78 is 16.2. The van der Waals surface area contributed by atoms with Gasteiger partial charge in [-0.25, -0.2) is 9.78 Å². The van der Waals surface area contributed by atoms with E-state index in [1.54, 1.807) is 0 Å².